The Balaban J connectivity index is 1.08. The Morgan fingerprint density at radius 2 is 0.950 bits per heavy atom. The number of fused-ring (bicyclic) bond motifs is 2. The van der Waals surface area contributed by atoms with Crippen molar-refractivity contribution in [2.45, 2.75) is 59.1 Å². The third-order valence-corrected chi connectivity index (χ3v) is 11.6. The van der Waals surface area contributed by atoms with Crippen LogP contribution in [-0.4, -0.2) is 35.9 Å². The number of pyridine rings is 2. The molecular formula is C45H42N12OS2. The summed E-state index contributed by atoms with van der Waals surface area (Å²) in [6.07, 6.45) is 3.00. The van der Waals surface area contributed by atoms with Gasteiger partial charge < -0.3 is 32.7 Å². The second-order valence-electron chi connectivity index (χ2n) is 14.6. The molecule has 8 N–H and O–H groups in total. The minimum absolute atomic E-state index is 0.251. The molecule has 4 heterocycles. The number of rotatable bonds is 12. The molecule has 15 heteroatoms. The number of anilines is 8. The van der Waals surface area contributed by atoms with Crippen LogP contribution in [0.25, 0.3) is 22.1 Å². The smallest absolute Gasteiger partial charge is 0.323 e. The average molecular weight is 831 g/mol. The molecule has 0 aliphatic heterocycles. The Labute approximate surface area is 355 Å². The lowest BCUT2D eigenvalue weighted by Gasteiger charge is -2.17. The van der Waals surface area contributed by atoms with Crippen molar-refractivity contribution < 1.29 is 4.79 Å². The molecule has 0 atom stereocenters. The molecular weight excluding hydrogens is 789 g/mol. The summed E-state index contributed by atoms with van der Waals surface area (Å²) in [7, 11) is 0. The lowest BCUT2D eigenvalue weighted by Crippen LogP contribution is -2.19. The van der Waals surface area contributed by atoms with Crippen molar-refractivity contribution in [3.63, 3.8) is 0 Å². The maximum atomic E-state index is 13.7. The molecule has 0 spiro atoms. The highest BCUT2D eigenvalue weighted by Crippen LogP contribution is 2.39. The number of carbonyl (C=O) groups excluding carboxylic acids is 1. The Kier molecular flexibility index (Phi) is 11.6. The first kappa shape index (κ1) is 39.8. The summed E-state index contributed by atoms with van der Waals surface area (Å²) >= 11 is 3.12. The molecule has 8 rings (SSSR count). The molecule has 2 amide bonds. The van der Waals surface area contributed by atoms with Crippen molar-refractivity contribution in [3.05, 3.63) is 133 Å². The maximum Gasteiger partial charge on any atom is 0.323 e. The largest absolute Gasteiger partial charge is 0.399 e. The van der Waals surface area contributed by atoms with Gasteiger partial charge in [-0.15, -0.1) is 0 Å². The summed E-state index contributed by atoms with van der Waals surface area (Å²) in [4.78, 5) is 45.1. The quantitative estimate of drug-likeness (QED) is 0.0637. The van der Waals surface area contributed by atoms with Crippen LogP contribution in [0, 0.1) is 0 Å². The number of nitrogens with one attached hydrogen (secondary N) is 4. The Morgan fingerprint density at radius 1 is 0.533 bits per heavy atom. The second-order valence-corrected chi connectivity index (χ2v) is 16.8. The van der Waals surface area contributed by atoms with E-state index in [4.69, 9.17) is 21.4 Å². The first-order chi connectivity index (χ1) is 29.0. The highest BCUT2D eigenvalue weighted by Gasteiger charge is 2.16. The van der Waals surface area contributed by atoms with Gasteiger partial charge in [0.25, 0.3) is 0 Å². The van der Waals surface area contributed by atoms with E-state index in [1.807, 2.05) is 109 Å². The van der Waals surface area contributed by atoms with Gasteiger partial charge >= 0.3 is 6.03 Å². The van der Waals surface area contributed by atoms with Crippen LogP contribution in [0.1, 0.15) is 50.9 Å². The van der Waals surface area contributed by atoms with Crippen LogP contribution in [-0.2, 0) is 0 Å². The molecule has 0 saturated heterocycles. The SMILES string of the molecule is CC(C)c1ccc2c(Nc3cc(NC(=O)Nc4ccc(Sc5ccc(N)cc5)c(Nc5ncnc6nc(C(C)C)ccc56)c4)ccc3Sc3ccc(N)cc3)ncnc2n1. The van der Waals surface area contributed by atoms with Gasteiger partial charge in [0.15, 0.2) is 11.3 Å². The fourth-order valence-electron chi connectivity index (χ4n) is 6.22. The van der Waals surface area contributed by atoms with Gasteiger partial charge in [0.05, 0.1) is 22.1 Å². The normalized spacial score (nSPS) is 11.3. The van der Waals surface area contributed by atoms with E-state index in [1.165, 1.54) is 12.7 Å². The highest BCUT2D eigenvalue weighted by molar-refractivity contribution is 7.99. The first-order valence-corrected chi connectivity index (χ1v) is 20.9. The number of nitrogens with two attached hydrogens (primary N) is 2. The minimum Gasteiger partial charge on any atom is -0.399 e. The number of benzene rings is 4. The summed E-state index contributed by atoms with van der Waals surface area (Å²) in [5.74, 6) is 1.68. The minimum atomic E-state index is -0.430. The van der Waals surface area contributed by atoms with Gasteiger partial charge in [0, 0.05) is 53.7 Å². The zero-order valence-electron chi connectivity index (χ0n) is 33.3. The fraction of sp³-hybridized carbons (Fsp3) is 0.133. The van der Waals surface area contributed by atoms with Gasteiger partial charge in [-0.1, -0.05) is 51.2 Å². The zero-order chi connectivity index (χ0) is 41.8. The van der Waals surface area contributed by atoms with Crippen molar-refractivity contribution in [3.8, 4) is 0 Å². The van der Waals surface area contributed by atoms with Crippen LogP contribution in [0.15, 0.2) is 141 Å². The van der Waals surface area contributed by atoms with E-state index < -0.39 is 6.03 Å². The standard InChI is InChI=1S/C45H42N12OS2/c1-25(2)35-17-15-33-41(54-35)48-23-50-43(33)56-37-21-29(9-19-39(37)59-31-11-5-27(46)6-12-31)52-45(58)53-30-10-20-40(60-32-13-7-28(47)8-14-32)38(22-30)57-44-34-16-18-36(26(3)4)55-42(34)49-24-51-44/h5-26H,46-47H2,1-4H3,(H2,52,53,58)(H,48,50,54,56)(H,49,51,55,57). The number of aromatic nitrogens is 6. The maximum absolute atomic E-state index is 13.7. The van der Waals surface area contributed by atoms with Crippen LogP contribution in [0.5, 0.6) is 0 Å². The molecule has 4 aromatic carbocycles. The lowest BCUT2D eigenvalue weighted by atomic mass is 10.1. The van der Waals surface area contributed by atoms with Crippen molar-refractivity contribution >= 4 is 97.4 Å². The monoisotopic (exact) mass is 830 g/mol. The van der Waals surface area contributed by atoms with Crippen LogP contribution in [0.3, 0.4) is 0 Å². The van der Waals surface area contributed by atoms with E-state index in [9.17, 15) is 4.79 Å². The Morgan fingerprint density at radius 3 is 1.35 bits per heavy atom. The van der Waals surface area contributed by atoms with Crippen LogP contribution in [0.2, 0.25) is 0 Å². The van der Waals surface area contributed by atoms with Gasteiger partial charge in [-0.05, 0) is 121 Å². The summed E-state index contributed by atoms with van der Waals surface area (Å²) < 4.78 is 0. The average Bonchev–Trinajstić information content (AvgIpc) is 3.24. The lowest BCUT2D eigenvalue weighted by molar-refractivity contribution is 0.262. The number of amides is 2. The molecule has 300 valence electrons. The van der Waals surface area contributed by atoms with E-state index in [-0.39, 0.29) is 11.8 Å². The van der Waals surface area contributed by atoms with Crippen LogP contribution >= 0.6 is 23.5 Å². The number of carbonyl (C=O) groups is 1. The zero-order valence-corrected chi connectivity index (χ0v) is 34.9. The molecule has 8 aromatic rings. The fourth-order valence-corrected chi connectivity index (χ4v) is 7.98. The van der Waals surface area contributed by atoms with Crippen molar-refractivity contribution in [1.29, 1.82) is 0 Å². The molecule has 0 bridgehead atoms. The molecule has 0 radical (unpaired) electrons. The van der Waals surface area contributed by atoms with Crippen molar-refractivity contribution in [2.24, 2.45) is 0 Å². The number of hydrogen-bond acceptors (Lipinski definition) is 13. The van der Waals surface area contributed by atoms with Gasteiger partial charge in [0.1, 0.15) is 24.3 Å². The number of nitrogen functional groups attached to an aromatic ring is 2. The van der Waals surface area contributed by atoms with Crippen molar-refractivity contribution in [1.82, 2.24) is 29.9 Å². The third kappa shape index (κ3) is 9.33. The molecule has 0 unspecified atom stereocenters. The van der Waals surface area contributed by atoms with Crippen molar-refractivity contribution in [2.75, 3.05) is 32.7 Å². The topological polar surface area (TPSA) is 195 Å². The van der Waals surface area contributed by atoms with Gasteiger partial charge in [0.2, 0.25) is 0 Å². The van der Waals surface area contributed by atoms with Crippen LogP contribution in [0.4, 0.5) is 50.6 Å². The van der Waals surface area contributed by atoms with E-state index in [0.29, 0.717) is 45.7 Å². The molecule has 0 aliphatic rings. The molecule has 0 aliphatic carbocycles. The Bertz CT molecular complexity index is 2640. The van der Waals surface area contributed by atoms with E-state index in [2.05, 4.69) is 68.9 Å². The molecule has 13 nitrogen and oxygen atoms in total. The highest BCUT2D eigenvalue weighted by atomic mass is 32.2. The summed E-state index contributed by atoms with van der Waals surface area (Å²) in [6, 6.07) is 34.2. The third-order valence-electron chi connectivity index (χ3n) is 9.42. The molecule has 60 heavy (non-hydrogen) atoms. The Hall–Kier alpha value is -6.97. The van der Waals surface area contributed by atoms with Crippen LogP contribution < -0.4 is 32.7 Å². The number of hydrogen-bond donors (Lipinski definition) is 6. The predicted molar refractivity (Wildman–Crippen MR) is 245 cm³/mol. The van der Waals surface area contributed by atoms with Gasteiger partial charge in [-0.2, -0.15) is 0 Å². The summed E-state index contributed by atoms with van der Waals surface area (Å²) in [6.45, 7) is 8.38. The van der Waals surface area contributed by atoms with Gasteiger partial charge in [-0.3, -0.25) is 0 Å². The molecule has 0 saturated carbocycles. The molecule has 4 aromatic heterocycles. The van der Waals surface area contributed by atoms with E-state index in [0.717, 1.165) is 53.1 Å². The molecule has 0 fully saturated rings. The number of nitrogens with zero attached hydrogens (tertiary/aromatic N) is 6. The van der Waals surface area contributed by atoms with E-state index in [1.54, 1.807) is 23.5 Å². The summed E-state index contributed by atoms with van der Waals surface area (Å²) in [5, 5.41) is 14.6. The van der Waals surface area contributed by atoms with E-state index >= 15 is 0 Å². The number of urea groups is 1. The predicted octanol–water partition coefficient (Wildman–Crippen LogP) is 11.2. The van der Waals surface area contributed by atoms with Gasteiger partial charge in [-0.25, -0.2) is 34.7 Å². The first-order valence-electron chi connectivity index (χ1n) is 19.2. The second kappa shape index (κ2) is 17.5. The summed E-state index contributed by atoms with van der Waals surface area (Å²) in [5.41, 5.74) is 19.0.